The smallest absolute Gasteiger partial charge is 0.228 e. The van der Waals surface area contributed by atoms with Crippen molar-refractivity contribution < 1.29 is 9.18 Å². The number of nitrogens with one attached hydrogen (secondary N) is 1. The van der Waals surface area contributed by atoms with Crippen molar-refractivity contribution in [2.24, 2.45) is 5.92 Å². The second kappa shape index (κ2) is 4.84. The Morgan fingerprint density at radius 1 is 1.05 bits per heavy atom. The van der Waals surface area contributed by atoms with Gasteiger partial charge in [-0.15, -0.1) is 0 Å². The van der Waals surface area contributed by atoms with E-state index in [1.54, 1.807) is 12.1 Å². The number of rotatable bonds is 3. The van der Waals surface area contributed by atoms with Crippen LogP contribution in [-0.4, -0.2) is 5.91 Å². The second-order valence-electron chi connectivity index (χ2n) is 4.86. The molecule has 2 nitrogen and oxygen atoms in total. The van der Waals surface area contributed by atoms with Crippen LogP contribution < -0.4 is 5.32 Å². The summed E-state index contributed by atoms with van der Waals surface area (Å²) in [6.07, 6.45) is 0.886. The van der Waals surface area contributed by atoms with Gasteiger partial charge in [0.1, 0.15) is 5.82 Å². The van der Waals surface area contributed by atoms with Crippen LogP contribution in [0.15, 0.2) is 54.6 Å². The van der Waals surface area contributed by atoms with Gasteiger partial charge in [0.15, 0.2) is 0 Å². The molecule has 2 aromatic rings. The van der Waals surface area contributed by atoms with E-state index in [2.05, 4.69) is 17.4 Å². The third-order valence-corrected chi connectivity index (χ3v) is 3.47. The lowest BCUT2D eigenvalue weighted by Gasteiger charge is -2.04. The molecule has 0 spiro atoms. The van der Waals surface area contributed by atoms with Crippen LogP contribution in [0.5, 0.6) is 0 Å². The summed E-state index contributed by atoms with van der Waals surface area (Å²) in [6.45, 7) is 0. The molecule has 1 fully saturated rings. The van der Waals surface area contributed by atoms with E-state index < -0.39 is 0 Å². The Kier molecular flexibility index (Phi) is 3.03. The summed E-state index contributed by atoms with van der Waals surface area (Å²) < 4.78 is 12.8. The van der Waals surface area contributed by atoms with Crippen molar-refractivity contribution in [1.29, 1.82) is 0 Å². The van der Waals surface area contributed by atoms with Crippen LogP contribution >= 0.6 is 0 Å². The van der Waals surface area contributed by atoms with E-state index in [1.807, 2.05) is 18.2 Å². The number of hydrogen-bond acceptors (Lipinski definition) is 1. The molecular weight excluding hydrogens is 241 g/mol. The maximum Gasteiger partial charge on any atom is 0.228 e. The van der Waals surface area contributed by atoms with Gasteiger partial charge in [-0.1, -0.05) is 30.3 Å². The third kappa shape index (κ3) is 2.65. The van der Waals surface area contributed by atoms with Crippen molar-refractivity contribution in [2.75, 3.05) is 5.32 Å². The maximum atomic E-state index is 12.8. The average Bonchev–Trinajstić information content (AvgIpc) is 3.23. The van der Waals surface area contributed by atoms with E-state index in [9.17, 15) is 9.18 Å². The van der Waals surface area contributed by atoms with Crippen LogP contribution in [-0.2, 0) is 4.79 Å². The molecule has 0 aliphatic heterocycles. The first-order valence-corrected chi connectivity index (χ1v) is 6.35. The minimum atomic E-state index is -0.299. The Labute approximate surface area is 111 Å². The molecule has 0 bridgehead atoms. The number of anilines is 1. The maximum absolute atomic E-state index is 12.8. The molecule has 2 aromatic carbocycles. The standard InChI is InChI=1S/C16H14FNO/c17-12-6-8-13(9-7-12)18-16(19)15-10-14(15)11-4-2-1-3-5-11/h1-9,14-15H,10H2,(H,18,19)/t14-,15+/m0/s1. The van der Waals surface area contributed by atoms with Crippen LogP contribution in [0.25, 0.3) is 0 Å². The highest BCUT2D eigenvalue weighted by atomic mass is 19.1. The van der Waals surface area contributed by atoms with E-state index >= 15 is 0 Å². The topological polar surface area (TPSA) is 29.1 Å². The van der Waals surface area contributed by atoms with E-state index in [-0.39, 0.29) is 17.6 Å². The highest BCUT2D eigenvalue weighted by Crippen LogP contribution is 2.47. The normalized spacial score (nSPS) is 20.9. The summed E-state index contributed by atoms with van der Waals surface area (Å²) >= 11 is 0. The van der Waals surface area contributed by atoms with Crippen LogP contribution in [0.4, 0.5) is 10.1 Å². The minimum Gasteiger partial charge on any atom is -0.326 e. The Morgan fingerprint density at radius 3 is 2.42 bits per heavy atom. The van der Waals surface area contributed by atoms with Crippen molar-refractivity contribution in [1.82, 2.24) is 0 Å². The van der Waals surface area contributed by atoms with E-state index in [0.29, 0.717) is 11.6 Å². The first-order valence-electron chi connectivity index (χ1n) is 6.35. The van der Waals surface area contributed by atoms with Gasteiger partial charge in [-0.2, -0.15) is 0 Å². The summed E-state index contributed by atoms with van der Waals surface area (Å²) in [5.74, 6) is 0.0705. The predicted molar refractivity (Wildman–Crippen MR) is 72.3 cm³/mol. The van der Waals surface area contributed by atoms with Crippen LogP contribution in [0.3, 0.4) is 0 Å². The van der Waals surface area contributed by atoms with Gasteiger partial charge in [-0.3, -0.25) is 4.79 Å². The van der Waals surface area contributed by atoms with E-state index in [1.165, 1.54) is 17.7 Å². The summed E-state index contributed by atoms with van der Waals surface area (Å²) in [7, 11) is 0. The third-order valence-electron chi connectivity index (χ3n) is 3.47. The SMILES string of the molecule is O=C(Nc1ccc(F)cc1)[C@@H]1C[C@H]1c1ccccc1. The number of halogens is 1. The number of amides is 1. The van der Waals surface area contributed by atoms with E-state index in [4.69, 9.17) is 0 Å². The number of carbonyl (C=O) groups is 1. The molecular formula is C16H14FNO. The highest BCUT2D eigenvalue weighted by Gasteiger charge is 2.43. The molecule has 1 aliphatic rings. The molecule has 2 atom stereocenters. The first-order chi connectivity index (χ1) is 9.24. The molecule has 0 radical (unpaired) electrons. The fourth-order valence-corrected chi connectivity index (χ4v) is 2.32. The van der Waals surface area contributed by atoms with Crippen LogP contribution in [0.1, 0.15) is 17.9 Å². The van der Waals surface area contributed by atoms with Gasteiger partial charge in [0, 0.05) is 11.6 Å². The lowest BCUT2D eigenvalue weighted by Crippen LogP contribution is -2.14. The first kappa shape index (κ1) is 11.9. The fourth-order valence-electron chi connectivity index (χ4n) is 2.32. The number of carbonyl (C=O) groups excluding carboxylic acids is 1. The van der Waals surface area contributed by atoms with Crippen molar-refractivity contribution >= 4 is 11.6 Å². The Hall–Kier alpha value is -2.16. The minimum absolute atomic E-state index is 0.0143. The molecule has 1 N–H and O–H groups in total. The van der Waals surface area contributed by atoms with Gasteiger partial charge in [-0.05, 0) is 42.2 Å². The molecule has 3 rings (SSSR count). The summed E-state index contributed by atoms with van der Waals surface area (Å²) in [5.41, 5.74) is 1.85. The highest BCUT2D eigenvalue weighted by molar-refractivity contribution is 5.95. The molecule has 3 heteroatoms. The van der Waals surface area contributed by atoms with Crippen molar-refractivity contribution in [3.8, 4) is 0 Å². The Balaban J connectivity index is 1.63. The van der Waals surface area contributed by atoms with Crippen molar-refractivity contribution in [2.45, 2.75) is 12.3 Å². The van der Waals surface area contributed by atoms with Crippen LogP contribution in [0, 0.1) is 11.7 Å². The van der Waals surface area contributed by atoms with Gasteiger partial charge in [0.2, 0.25) is 5.91 Å². The zero-order chi connectivity index (χ0) is 13.2. The predicted octanol–water partition coefficient (Wildman–Crippen LogP) is 3.57. The zero-order valence-corrected chi connectivity index (χ0v) is 10.3. The quantitative estimate of drug-likeness (QED) is 0.892. The lowest BCUT2D eigenvalue weighted by atomic mass is 10.1. The van der Waals surface area contributed by atoms with Crippen LogP contribution in [0.2, 0.25) is 0 Å². The van der Waals surface area contributed by atoms with Gasteiger partial charge >= 0.3 is 0 Å². The monoisotopic (exact) mass is 255 g/mol. The van der Waals surface area contributed by atoms with Gasteiger partial charge in [0.05, 0.1) is 0 Å². The molecule has 96 valence electrons. The molecule has 19 heavy (non-hydrogen) atoms. The lowest BCUT2D eigenvalue weighted by molar-refractivity contribution is -0.117. The van der Waals surface area contributed by atoms with Gasteiger partial charge in [-0.25, -0.2) is 4.39 Å². The zero-order valence-electron chi connectivity index (χ0n) is 10.3. The largest absolute Gasteiger partial charge is 0.326 e. The Morgan fingerprint density at radius 2 is 1.74 bits per heavy atom. The molecule has 1 amide bonds. The van der Waals surface area contributed by atoms with Crippen molar-refractivity contribution in [3.63, 3.8) is 0 Å². The molecule has 0 saturated heterocycles. The fraction of sp³-hybridized carbons (Fsp3) is 0.188. The molecule has 0 aromatic heterocycles. The molecule has 0 heterocycles. The summed E-state index contributed by atoms with van der Waals surface area (Å²) in [4.78, 5) is 12.0. The summed E-state index contributed by atoms with van der Waals surface area (Å²) in [5, 5.41) is 2.83. The van der Waals surface area contributed by atoms with Crippen molar-refractivity contribution in [3.05, 3.63) is 66.0 Å². The number of hydrogen-bond donors (Lipinski definition) is 1. The summed E-state index contributed by atoms with van der Waals surface area (Å²) in [6, 6.07) is 15.9. The molecule has 1 saturated carbocycles. The Bertz CT molecular complexity index is 579. The average molecular weight is 255 g/mol. The molecule has 0 unspecified atom stereocenters. The second-order valence-corrected chi connectivity index (χ2v) is 4.86. The number of benzene rings is 2. The van der Waals surface area contributed by atoms with E-state index in [0.717, 1.165) is 6.42 Å². The van der Waals surface area contributed by atoms with Gasteiger partial charge < -0.3 is 5.32 Å². The molecule has 1 aliphatic carbocycles. The van der Waals surface area contributed by atoms with Gasteiger partial charge in [0.25, 0.3) is 0 Å².